The lowest BCUT2D eigenvalue weighted by Crippen LogP contribution is -1.96. The minimum Gasteiger partial charge on any atom is -0.437 e. The molecular formula is C14H13N3O. The molecular weight excluding hydrogens is 226 g/mol. The van der Waals surface area contributed by atoms with Crippen molar-refractivity contribution in [3.63, 3.8) is 0 Å². The number of pyridine rings is 1. The van der Waals surface area contributed by atoms with Gasteiger partial charge in [0.1, 0.15) is 17.4 Å². The Labute approximate surface area is 106 Å². The van der Waals surface area contributed by atoms with Crippen LogP contribution in [0.3, 0.4) is 0 Å². The number of hydrogen-bond acceptors (Lipinski definition) is 4. The fourth-order valence-corrected chi connectivity index (χ4v) is 1.65. The summed E-state index contributed by atoms with van der Waals surface area (Å²) >= 11 is 0. The molecule has 2 rings (SSSR count). The molecule has 4 nitrogen and oxygen atoms in total. The van der Waals surface area contributed by atoms with E-state index in [0.717, 1.165) is 11.1 Å². The summed E-state index contributed by atoms with van der Waals surface area (Å²) in [4.78, 5) is 4.04. The molecule has 0 spiro atoms. The van der Waals surface area contributed by atoms with Gasteiger partial charge < -0.3 is 10.5 Å². The summed E-state index contributed by atoms with van der Waals surface area (Å²) in [6, 6.07) is 9.40. The Morgan fingerprint density at radius 2 is 2.06 bits per heavy atom. The van der Waals surface area contributed by atoms with Crippen molar-refractivity contribution in [2.45, 2.75) is 13.8 Å². The minimum atomic E-state index is 0.277. The lowest BCUT2D eigenvalue weighted by molar-refractivity contribution is 0.458. The van der Waals surface area contributed by atoms with Gasteiger partial charge >= 0.3 is 0 Å². The summed E-state index contributed by atoms with van der Waals surface area (Å²) in [5.41, 5.74) is 8.51. The number of nitrogens with zero attached hydrogens (tertiary/aromatic N) is 2. The topological polar surface area (TPSA) is 71.9 Å². The highest BCUT2D eigenvalue weighted by molar-refractivity contribution is 5.50. The van der Waals surface area contributed by atoms with Gasteiger partial charge in [0.25, 0.3) is 0 Å². The number of rotatable bonds is 2. The second-order valence-corrected chi connectivity index (χ2v) is 4.10. The fourth-order valence-electron chi connectivity index (χ4n) is 1.65. The second kappa shape index (κ2) is 4.76. The molecule has 4 heteroatoms. The average molecular weight is 239 g/mol. The summed E-state index contributed by atoms with van der Waals surface area (Å²) in [6.07, 6.45) is 1.47. The van der Waals surface area contributed by atoms with Gasteiger partial charge in [0, 0.05) is 0 Å². The van der Waals surface area contributed by atoms with Crippen molar-refractivity contribution < 1.29 is 4.74 Å². The van der Waals surface area contributed by atoms with E-state index in [1.54, 1.807) is 6.07 Å². The fraction of sp³-hybridized carbons (Fsp3) is 0.143. The number of nitrogens with two attached hydrogens (primary N) is 1. The van der Waals surface area contributed by atoms with Gasteiger partial charge in [0.05, 0.1) is 11.9 Å². The van der Waals surface area contributed by atoms with E-state index >= 15 is 0 Å². The van der Waals surface area contributed by atoms with Crippen LogP contribution >= 0.6 is 0 Å². The summed E-state index contributed by atoms with van der Waals surface area (Å²) in [5, 5.41) is 9.01. The highest BCUT2D eigenvalue weighted by atomic mass is 16.5. The zero-order valence-corrected chi connectivity index (χ0v) is 10.3. The molecule has 0 saturated heterocycles. The molecule has 2 N–H and O–H groups in total. The van der Waals surface area contributed by atoms with Crippen molar-refractivity contribution in [2.75, 3.05) is 5.73 Å². The molecule has 0 radical (unpaired) electrons. The van der Waals surface area contributed by atoms with Gasteiger partial charge in [-0.05, 0) is 31.5 Å². The molecule has 0 aliphatic rings. The molecule has 0 unspecified atom stereocenters. The molecule has 1 aromatic carbocycles. The van der Waals surface area contributed by atoms with Crippen molar-refractivity contribution in [1.82, 2.24) is 4.98 Å². The van der Waals surface area contributed by atoms with Crippen LogP contribution in [0.4, 0.5) is 5.69 Å². The number of nitriles is 1. The molecule has 0 aliphatic heterocycles. The first-order valence-corrected chi connectivity index (χ1v) is 5.51. The number of ether oxygens (including phenoxy) is 1. The van der Waals surface area contributed by atoms with Crippen LogP contribution in [-0.4, -0.2) is 4.98 Å². The smallest absolute Gasteiger partial charge is 0.237 e. The van der Waals surface area contributed by atoms with Gasteiger partial charge in [0.15, 0.2) is 0 Å². The first kappa shape index (κ1) is 11.9. The molecule has 0 aliphatic carbocycles. The molecule has 0 bridgehead atoms. The maximum absolute atomic E-state index is 9.01. The van der Waals surface area contributed by atoms with Crippen LogP contribution in [0.2, 0.25) is 0 Å². The summed E-state index contributed by atoms with van der Waals surface area (Å²) in [7, 11) is 0. The number of aryl methyl sites for hydroxylation is 2. The number of hydrogen-bond donors (Lipinski definition) is 1. The Hall–Kier alpha value is -2.54. The molecule has 0 saturated carbocycles. The molecule has 1 heterocycles. The Morgan fingerprint density at radius 1 is 1.28 bits per heavy atom. The second-order valence-electron chi connectivity index (χ2n) is 4.10. The Kier molecular flexibility index (Phi) is 3.16. The Balaban J connectivity index is 2.37. The van der Waals surface area contributed by atoms with E-state index in [-0.39, 0.29) is 5.88 Å². The Bertz CT molecular complexity index is 629. The van der Waals surface area contributed by atoms with Gasteiger partial charge in [-0.2, -0.15) is 5.26 Å². The van der Waals surface area contributed by atoms with Crippen LogP contribution in [0.15, 0.2) is 30.5 Å². The number of anilines is 1. The van der Waals surface area contributed by atoms with E-state index in [2.05, 4.69) is 4.98 Å². The number of aromatic nitrogens is 1. The highest BCUT2D eigenvalue weighted by Crippen LogP contribution is 2.27. The van der Waals surface area contributed by atoms with Gasteiger partial charge in [-0.25, -0.2) is 4.98 Å². The number of nitrogen functional groups attached to an aromatic ring is 1. The lowest BCUT2D eigenvalue weighted by atomic mass is 10.1. The number of benzene rings is 1. The normalized spacial score (nSPS) is 9.83. The van der Waals surface area contributed by atoms with Crippen LogP contribution in [0, 0.1) is 25.2 Å². The standard InChI is InChI=1S/C14H13N3O/c1-9-3-4-13(10(2)5-9)18-14-11(7-15)6-12(16)8-17-14/h3-6,8H,16H2,1-2H3. The van der Waals surface area contributed by atoms with Crippen molar-refractivity contribution in [3.05, 3.63) is 47.2 Å². The largest absolute Gasteiger partial charge is 0.437 e. The summed E-state index contributed by atoms with van der Waals surface area (Å²) < 4.78 is 5.65. The SMILES string of the molecule is Cc1ccc(Oc2ncc(N)cc2C#N)c(C)c1. The molecule has 90 valence electrons. The van der Waals surface area contributed by atoms with E-state index in [4.69, 9.17) is 15.7 Å². The van der Waals surface area contributed by atoms with Crippen LogP contribution < -0.4 is 10.5 Å². The molecule has 1 aromatic heterocycles. The molecule has 0 atom stereocenters. The van der Waals surface area contributed by atoms with Crippen LogP contribution in [-0.2, 0) is 0 Å². The predicted molar refractivity (Wildman–Crippen MR) is 69.4 cm³/mol. The molecule has 18 heavy (non-hydrogen) atoms. The first-order chi connectivity index (χ1) is 8.60. The average Bonchev–Trinajstić information content (AvgIpc) is 2.34. The van der Waals surface area contributed by atoms with Crippen LogP contribution in [0.25, 0.3) is 0 Å². The lowest BCUT2D eigenvalue weighted by Gasteiger charge is -2.09. The highest BCUT2D eigenvalue weighted by Gasteiger charge is 2.08. The van der Waals surface area contributed by atoms with E-state index in [0.29, 0.717) is 17.0 Å². The van der Waals surface area contributed by atoms with Gasteiger partial charge in [-0.1, -0.05) is 17.7 Å². The van der Waals surface area contributed by atoms with Crippen molar-refractivity contribution in [3.8, 4) is 17.7 Å². The van der Waals surface area contributed by atoms with Gasteiger partial charge in [0.2, 0.25) is 5.88 Å². The van der Waals surface area contributed by atoms with Gasteiger partial charge in [-0.3, -0.25) is 0 Å². The third kappa shape index (κ3) is 2.41. The third-order valence-corrected chi connectivity index (χ3v) is 2.53. The minimum absolute atomic E-state index is 0.277. The Morgan fingerprint density at radius 3 is 2.72 bits per heavy atom. The van der Waals surface area contributed by atoms with E-state index < -0.39 is 0 Å². The van der Waals surface area contributed by atoms with E-state index in [1.807, 2.05) is 38.1 Å². The summed E-state index contributed by atoms with van der Waals surface area (Å²) in [6.45, 7) is 3.96. The monoisotopic (exact) mass is 239 g/mol. The molecule has 0 fully saturated rings. The van der Waals surface area contributed by atoms with Gasteiger partial charge in [-0.15, -0.1) is 0 Å². The van der Waals surface area contributed by atoms with Crippen LogP contribution in [0.5, 0.6) is 11.6 Å². The van der Waals surface area contributed by atoms with E-state index in [1.165, 1.54) is 6.20 Å². The predicted octanol–water partition coefficient (Wildman–Crippen LogP) is 2.94. The van der Waals surface area contributed by atoms with Crippen molar-refractivity contribution in [1.29, 1.82) is 5.26 Å². The third-order valence-electron chi connectivity index (χ3n) is 2.53. The zero-order valence-electron chi connectivity index (χ0n) is 10.3. The van der Waals surface area contributed by atoms with Crippen molar-refractivity contribution >= 4 is 5.69 Å². The van der Waals surface area contributed by atoms with Crippen molar-refractivity contribution in [2.24, 2.45) is 0 Å². The zero-order chi connectivity index (χ0) is 13.1. The quantitative estimate of drug-likeness (QED) is 0.874. The molecule has 0 amide bonds. The van der Waals surface area contributed by atoms with Crippen LogP contribution in [0.1, 0.15) is 16.7 Å². The first-order valence-electron chi connectivity index (χ1n) is 5.51. The molecule has 2 aromatic rings. The summed E-state index contributed by atoms with van der Waals surface area (Å²) in [5.74, 6) is 0.966. The van der Waals surface area contributed by atoms with E-state index in [9.17, 15) is 0 Å². The maximum Gasteiger partial charge on any atom is 0.237 e. The maximum atomic E-state index is 9.01.